The Balaban J connectivity index is 1.62. The number of nitrogens with zero attached hydrogens (tertiary/aromatic N) is 3. The molecule has 2 atom stereocenters. The van der Waals surface area contributed by atoms with E-state index in [1.54, 1.807) is 0 Å². The fourth-order valence-electron chi connectivity index (χ4n) is 4.49. The molecule has 2 aromatic carbocycles. The first-order chi connectivity index (χ1) is 16.9. The molecule has 0 saturated heterocycles. The van der Waals surface area contributed by atoms with Crippen LogP contribution in [-0.4, -0.2) is 44.9 Å². The second-order valence-electron chi connectivity index (χ2n) is 9.36. The minimum Gasteiger partial charge on any atom is -0.356 e. The van der Waals surface area contributed by atoms with Crippen LogP contribution < -0.4 is 5.32 Å². The number of aromatic nitrogens is 2. The van der Waals surface area contributed by atoms with Crippen molar-refractivity contribution in [3.63, 3.8) is 0 Å². The average molecular weight is 477 g/mol. The predicted octanol–water partition coefficient (Wildman–Crippen LogP) is 5.14. The number of imidazole rings is 1. The van der Waals surface area contributed by atoms with E-state index >= 15 is 0 Å². The number of hydrogen-bond acceptors (Lipinski definition) is 3. The monoisotopic (exact) mass is 476 g/mol. The Hall–Kier alpha value is -3.15. The fraction of sp³-hybridized carbons (Fsp3) is 0.483. The molecule has 6 heteroatoms. The Labute approximate surface area is 209 Å². The van der Waals surface area contributed by atoms with Gasteiger partial charge in [0.15, 0.2) is 0 Å². The summed E-state index contributed by atoms with van der Waals surface area (Å²) in [4.78, 5) is 32.6. The van der Waals surface area contributed by atoms with Crippen LogP contribution >= 0.6 is 0 Å². The van der Waals surface area contributed by atoms with Crippen LogP contribution in [-0.2, 0) is 29.0 Å². The van der Waals surface area contributed by atoms with E-state index < -0.39 is 0 Å². The van der Waals surface area contributed by atoms with Crippen molar-refractivity contribution in [2.75, 3.05) is 6.54 Å². The van der Waals surface area contributed by atoms with E-state index in [1.807, 2.05) is 59.5 Å². The molecule has 3 rings (SSSR count). The van der Waals surface area contributed by atoms with Gasteiger partial charge in [-0.15, -0.1) is 0 Å². The van der Waals surface area contributed by atoms with Crippen LogP contribution in [0.25, 0.3) is 11.0 Å². The van der Waals surface area contributed by atoms with Crippen LogP contribution in [0.4, 0.5) is 0 Å². The zero-order valence-corrected chi connectivity index (χ0v) is 21.7. The van der Waals surface area contributed by atoms with Crippen molar-refractivity contribution in [1.29, 1.82) is 0 Å². The number of aryl methyl sites for hydroxylation is 2. The number of rotatable bonds is 13. The molecule has 0 fully saturated rings. The molecule has 1 N–H and O–H groups in total. The molecular weight excluding hydrogens is 436 g/mol. The second-order valence-corrected chi connectivity index (χ2v) is 9.36. The average Bonchev–Trinajstić information content (AvgIpc) is 3.22. The molecule has 0 radical (unpaired) electrons. The lowest BCUT2D eigenvalue weighted by atomic mass is 10.1. The third-order valence-corrected chi connectivity index (χ3v) is 6.83. The van der Waals surface area contributed by atoms with Crippen LogP contribution in [0.1, 0.15) is 64.8 Å². The highest BCUT2D eigenvalue weighted by atomic mass is 16.2. The topological polar surface area (TPSA) is 67.2 Å². The maximum atomic E-state index is 13.4. The number of carbonyl (C=O) groups excluding carboxylic acids is 2. The van der Waals surface area contributed by atoms with E-state index in [9.17, 15) is 9.59 Å². The molecule has 35 heavy (non-hydrogen) atoms. The first-order valence-corrected chi connectivity index (χ1v) is 13.0. The number of carbonyl (C=O) groups is 2. The Morgan fingerprint density at radius 1 is 0.943 bits per heavy atom. The molecular formula is C29H40N4O2. The minimum atomic E-state index is 0.0651. The van der Waals surface area contributed by atoms with Gasteiger partial charge in [0.2, 0.25) is 11.8 Å². The molecule has 0 aliphatic rings. The zero-order valence-electron chi connectivity index (χ0n) is 21.7. The maximum Gasteiger partial charge on any atom is 0.243 e. The van der Waals surface area contributed by atoms with Gasteiger partial charge in [-0.1, -0.05) is 56.3 Å². The predicted molar refractivity (Wildman–Crippen MR) is 142 cm³/mol. The van der Waals surface area contributed by atoms with E-state index in [1.165, 1.54) is 5.56 Å². The Kier molecular flexibility index (Phi) is 9.88. The number of fused-ring (bicyclic) bond motifs is 1. The van der Waals surface area contributed by atoms with Gasteiger partial charge in [0.25, 0.3) is 0 Å². The number of amides is 2. The Morgan fingerprint density at radius 3 is 2.29 bits per heavy atom. The largest absolute Gasteiger partial charge is 0.356 e. The molecule has 0 bridgehead atoms. The first-order valence-electron chi connectivity index (χ1n) is 13.0. The molecule has 0 aliphatic heterocycles. The highest BCUT2D eigenvalue weighted by Gasteiger charge is 2.25. The van der Waals surface area contributed by atoms with E-state index in [0.29, 0.717) is 19.4 Å². The minimum absolute atomic E-state index is 0.0651. The van der Waals surface area contributed by atoms with E-state index in [0.717, 1.165) is 42.5 Å². The van der Waals surface area contributed by atoms with Gasteiger partial charge in [0.1, 0.15) is 12.4 Å². The second kappa shape index (κ2) is 13.1. The molecule has 0 aliphatic carbocycles. The van der Waals surface area contributed by atoms with E-state index in [-0.39, 0.29) is 30.4 Å². The summed E-state index contributed by atoms with van der Waals surface area (Å²) < 4.78 is 2.06. The van der Waals surface area contributed by atoms with Crippen LogP contribution in [0.3, 0.4) is 0 Å². The Bertz CT molecular complexity index is 1080. The Morgan fingerprint density at radius 2 is 1.60 bits per heavy atom. The van der Waals surface area contributed by atoms with Gasteiger partial charge in [-0.2, -0.15) is 0 Å². The van der Waals surface area contributed by atoms with Gasteiger partial charge in [-0.05, 0) is 57.2 Å². The normalized spacial score (nSPS) is 12.9. The lowest BCUT2D eigenvalue weighted by Crippen LogP contribution is -2.45. The summed E-state index contributed by atoms with van der Waals surface area (Å²) in [6.45, 7) is 9.37. The summed E-state index contributed by atoms with van der Waals surface area (Å²) in [6.07, 6.45) is 4.56. The smallest absolute Gasteiger partial charge is 0.243 e. The van der Waals surface area contributed by atoms with Crippen molar-refractivity contribution >= 4 is 22.8 Å². The number of para-hydroxylation sites is 2. The summed E-state index contributed by atoms with van der Waals surface area (Å²) in [5.41, 5.74) is 3.06. The number of nitrogens with one attached hydrogen (secondary N) is 1. The van der Waals surface area contributed by atoms with Gasteiger partial charge in [0.05, 0.1) is 11.0 Å². The van der Waals surface area contributed by atoms with Crippen molar-refractivity contribution in [1.82, 2.24) is 19.8 Å². The molecule has 2 unspecified atom stereocenters. The zero-order chi connectivity index (χ0) is 25.2. The van der Waals surface area contributed by atoms with Crippen molar-refractivity contribution in [2.45, 2.75) is 84.8 Å². The SMILES string of the molecule is CCC(C)N(C(=O)Cn1c(CCCNC(=O)CCc2ccccc2)nc2ccccc21)C(C)CC. The summed E-state index contributed by atoms with van der Waals surface area (Å²) in [5, 5.41) is 3.03. The quantitative estimate of drug-likeness (QED) is 0.347. The molecule has 1 aromatic heterocycles. The van der Waals surface area contributed by atoms with E-state index in [4.69, 9.17) is 4.98 Å². The van der Waals surface area contributed by atoms with Gasteiger partial charge >= 0.3 is 0 Å². The van der Waals surface area contributed by atoms with Gasteiger partial charge < -0.3 is 14.8 Å². The molecule has 3 aromatic rings. The van der Waals surface area contributed by atoms with Gasteiger partial charge in [0, 0.05) is 31.5 Å². The lowest BCUT2D eigenvalue weighted by molar-refractivity contribution is -0.136. The highest BCUT2D eigenvalue weighted by Crippen LogP contribution is 2.19. The molecule has 6 nitrogen and oxygen atoms in total. The van der Waals surface area contributed by atoms with Gasteiger partial charge in [-0.25, -0.2) is 4.98 Å². The number of hydrogen-bond donors (Lipinski definition) is 1. The maximum absolute atomic E-state index is 13.4. The summed E-state index contributed by atoms with van der Waals surface area (Å²) >= 11 is 0. The third kappa shape index (κ3) is 7.17. The van der Waals surface area contributed by atoms with Crippen molar-refractivity contribution in [2.24, 2.45) is 0 Å². The standard InChI is InChI=1S/C29H40N4O2/c1-5-22(3)33(23(4)6-2)29(35)21-32-26-16-11-10-15-25(26)31-27(32)17-12-20-30-28(34)19-18-24-13-8-7-9-14-24/h7-11,13-16,22-23H,5-6,12,17-21H2,1-4H3,(H,30,34). The summed E-state index contributed by atoms with van der Waals surface area (Å²) in [5.74, 6) is 1.09. The van der Waals surface area contributed by atoms with Crippen LogP contribution in [0.2, 0.25) is 0 Å². The highest BCUT2D eigenvalue weighted by molar-refractivity contribution is 5.81. The lowest BCUT2D eigenvalue weighted by Gasteiger charge is -2.34. The molecule has 2 amide bonds. The van der Waals surface area contributed by atoms with E-state index in [2.05, 4.69) is 37.6 Å². The van der Waals surface area contributed by atoms with Crippen LogP contribution in [0, 0.1) is 0 Å². The molecule has 0 spiro atoms. The van der Waals surface area contributed by atoms with Crippen LogP contribution in [0.15, 0.2) is 54.6 Å². The summed E-state index contributed by atoms with van der Waals surface area (Å²) in [6, 6.07) is 18.4. The number of benzene rings is 2. The first kappa shape index (κ1) is 26.5. The summed E-state index contributed by atoms with van der Waals surface area (Å²) in [7, 11) is 0. The van der Waals surface area contributed by atoms with Crippen molar-refractivity contribution < 1.29 is 9.59 Å². The molecule has 1 heterocycles. The fourth-order valence-corrected chi connectivity index (χ4v) is 4.49. The van der Waals surface area contributed by atoms with Gasteiger partial charge in [-0.3, -0.25) is 9.59 Å². The van der Waals surface area contributed by atoms with Crippen molar-refractivity contribution in [3.05, 3.63) is 66.0 Å². The third-order valence-electron chi connectivity index (χ3n) is 6.83. The van der Waals surface area contributed by atoms with Crippen molar-refractivity contribution in [3.8, 4) is 0 Å². The van der Waals surface area contributed by atoms with Crippen LogP contribution in [0.5, 0.6) is 0 Å². The molecule has 0 saturated carbocycles. The molecule has 188 valence electrons.